The van der Waals surface area contributed by atoms with Gasteiger partial charge in [-0.25, -0.2) is 5.43 Å². The number of rotatable bonds is 4. The van der Waals surface area contributed by atoms with Crippen molar-refractivity contribution in [1.29, 1.82) is 0 Å². The lowest BCUT2D eigenvalue weighted by atomic mass is 10.2. The van der Waals surface area contributed by atoms with Crippen LogP contribution in [0.25, 0.3) is 0 Å². The van der Waals surface area contributed by atoms with Gasteiger partial charge in [-0.1, -0.05) is 0 Å². The maximum absolute atomic E-state index is 11.7. The van der Waals surface area contributed by atoms with Crippen LogP contribution in [0.15, 0.2) is 52.4 Å². The number of amides is 1. The standard InChI is InChI=1S/C13H12N2O3/c1-17-12-4-2-11(3-5-12)13(16)15-14-8-10-6-7-18-9-10/h2-9H,1H3,(H,15,16)/b14-8-. The fourth-order valence-electron chi connectivity index (χ4n) is 1.32. The van der Waals surface area contributed by atoms with Crippen molar-refractivity contribution < 1.29 is 13.9 Å². The van der Waals surface area contributed by atoms with Crippen molar-refractivity contribution in [3.63, 3.8) is 0 Å². The predicted molar refractivity (Wildman–Crippen MR) is 66.8 cm³/mol. The number of furan rings is 1. The van der Waals surface area contributed by atoms with E-state index in [0.717, 1.165) is 5.56 Å². The van der Waals surface area contributed by atoms with E-state index in [1.807, 2.05) is 0 Å². The van der Waals surface area contributed by atoms with E-state index in [1.54, 1.807) is 37.4 Å². The summed E-state index contributed by atoms with van der Waals surface area (Å²) in [6.07, 6.45) is 4.57. The van der Waals surface area contributed by atoms with Crippen LogP contribution in [0, 0.1) is 0 Å². The number of ether oxygens (including phenoxy) is 1. The van der Waals surface area contributed by atoms with Gasteiger partial charge in [0.2, 0.25) is 0 Å². The number of hydrogen-bond acceptors (Lipinski definition) is 4. The monoisotopic (exact) mass is 244 g/mol. The molecule has 0 atom stereocenters. The molecule has 0 saturated carbocycles. The minimum absolute atomic E-state index is 0.280. The van der Waals surface area contributed by atoms with Crippen LogP contribution < -0.4 is 10.2 Å². The van der Waals surface area contributed by atoms with Crippen LogP contribution in [-0.2, 0) is 0 Å². The minimum Gasteiger partial charge on any atom is -0.497 e. The van der Waals surface area contributed by atoms with Crippen LogP contribution in [0.4, 0.5) is 0 Å². The molecule has 0 fully saturated rings. The first kappa shape index (κ1) is 11.9. The predicted octanol–water partition coefficient (Wildman–Crippen LogP) is 2.05. The molecule has 2 aromatic rings. The molecule has 1 heterocycles. The maximum atomic E-state index is 11.7. The van der Waals surface area contributed by atoms with Gasteiger partial charge in [-0.2, -0.15) is 5.10 Å². The van der Waals surface area contributed by atoms with E-state index in [1.165, 1.54) is 18.7 Å². The molecule has 0 radical (unpaired) electrons. The van der Waals surface area contributed by atoms with Crippen molar-refractivity contribution in [3.8, 4) is 5.75 Å². The van der Waals surface area contributed by atoms with Crippen LogP contribution in [0.5, 0.6) is 5.75 Å². The smallest absolute Gasteiger partial charge is 0.271 e. The summed E-state index contributed by atoms with van der Waals surface area (Å²) >= 11 is 0. The van der Waals surface area contributed by atoms with E-state index < -0.39 is 0 Å². The van der Waals surface area contributed by atoms with Gasteiger partial charge in [0.15, 0.2) is 0 Å². The van der Waals surface area contributed by atoms with E-state index in [9.17, 15) is 4.79 Å². The number of nitrogens with zero attached hydrogens (tertiary/aromatic N) is 1. The van der Waals surface area contributed by atoms with Gasteiger partial charge >= 0.3 is 0 Å². The molecule has 0 aliphatic heterocycles. The quantitative estimate of drug-likeness (QED) is 0.661. The number of hydrogen-bond donors (Lipinski definition) is 1. The third-order valence-corrected chi connectivity index (χ3v) is 2.28. The second kappa shape index (κ2) is 5.67. The highest BCUT2D eigenvalue weighted by molar-refractivity contribution is 5.94. The Morgan fingerprint density at radius 2 is 2.11 bits per heavy atom. The SMILES string of the molecule is COc1ccc(C(=O)N/N=C\c2ccoc2)cc1. The van der Waals surface area contributed by atoms with Crippen molar-refractivity contribution in [2.75, 3.05) is 7.11 Å². The van der Waals surface area contributed by atoms with Gasteiger partial charge in [-0.3, -0.25) is 4.79 Å². The minimum atomic E-state index is -0.280. The summed E-state index contributed by atoms with van der Waals surface area (Å²) in [5.74, 6) is 0.422. The summed E-state index contributed by atoms with van der Waals surface area (Å²) < 4.78 is 9.87. The highest BCUT2D eigenvalue weighted by Gasteiger charge is 2.03. The third kappa shape index (κ3) is 2.98. The molecule has 92 valence electrons. The Balaban J connectivity index is 1.95. The molecule has 0 spiro atoms. The Morgan fingerprint density at radius 1 is 1.33 bits per heavy atom. The molecule has 1 aromatic carbocycles. The molecule has 0 saturated heterocycles. The Morgan fingerprint density at radius 3 is 2.72 bits per heavy atom. The number of methoxy groups -OCH3 is 1. The number of carbonyl (C=O) groups excluding carboxylic acids is 1. The van der Waals surface area contributed by atoms with Crippen LogP contribution in [0.3, 0.4) is 0 Å². The van der Waals surface area contributed by atoms with E-state index in [0.29, 0.717) is 11.3 Å². The molecule has 1 aromatic heterocycles. The largest absolute Gasteiger partial charge is 0.497 e. The molecule has 5 nitrogen and oxygen atoms in total. The first-order valence-electron chi connectivity index (χ1n) is 5.29. The van der Waals surface area contributed by atoms with Gasteiger partial charge in [0.1, 0.15) is 5.75 Å². The molecule has 0 aliphatic rings. The molecule has 0 aliphatic carbocycles. The summed E-state index contributed by atoms with van der Waals surface area (Å²) in [6.45, 7) is 0. The van der Waals surface area contributed by atoms with Crippen molar-refractivity contribution in [3.05, 3.63) is 54.0 Å². The first-order valence-corrected chi connectivity index (χ1v) is 5.29. The zero-order chi connectivity index (χ0) is 12.8. The molecule has 1 N–H and O–H groups in total. The highest BCUT2D eigenvalue weighted by atomic mass is 16.5. The van der Waals surface area contributed by atoms with Crippen LogP contribution in [0.2, 0.25) is 0 Å². The van der Waals surface area contributed by atoms with Crippen LogP contribution in [0.1, 0.15) is 15.9 Å². The second-order valence-electron chi connectivity index (χ2n) is 3.48. The number of benzene rings is 1. The van der Waals surface area contributed by atoms with Crippen molar-refractivity contribution >= 4 is 12.1 Å². The zero-order valence-corrected chi connectivity index (χ0v) is 9.79. The summed E-state index contributed by atoms with van der Waals surface area (Å²) in [5, 5.41) is 3.82. The van der Waals surface area contributed by atoms with E-state index in [-0.39, 0.29) is 5.91 Å². The van der Waals surface area contributed by atoms with Crippen molar-refractivity contribution in [2.24, 2.45) is 5.10 Å². The van der Waals surface area contributed by atoms with Crippen LogP contribution in [-0.4, -0.2) is 19.2 Å². The summed E-state index contributed by atoms with van der Waals surface area (Å²) in [5.41, 5.74) is 3.72. The number of hydrazone groups is 1. The average Bonchev–Trinajstić information content (AvgIpc) is 2.92. The van der Waals surface area contributed by atoms with Gasteiger partial charge < -0.3 is 9.15 Å². The topological polar surface area (TPSA) is 63.8 Å². The average molecular weight is 244 g/mol. The van der Waals surface area contributed by atoms with E-state index in [2.05, 4.69) is 10.5 Å². The highest BCUT2D eigenvalue weighted by Crippen LogP contribution is 2.10. The van der Waals surface area contributed by atoms with Gasteiger partial charge in [0, 0.05) is 11.1 Å². The van der Waals surface area contributed by atoms with Gasteiger partial charge in [0.25, 0.3) is 5.91 Å². The van der Waals surface area contributed by atoms with Gasteiger partial charge in [0.05, 0.1) is 25.9 Å². The molecular formula is C13H12N2O3. The fourth-order valence-corrected chi connectivity index (χ4v) is 1.32. The third-order valence-electron chi connectivity index (χ3n) is 2.28. The Labute approximate surface area is 104 Å². The lowest BCUT2D eigenvalue weighted by Gasteiger charge is -2.01. The normalized spacial score (nSPS) is 10.5. The molecule has 0 bridgehead atoms. The Kier molecular flexibility index (Phi) is 3.76. The maximum Gasteiger partial charge on any atom is 0.271 e. The molecule has 18 heavy (non-hydrogen) atoms. The lowest BCUT2D eigenvalue weighted by Crippen LogP contribution is -2.17. The number of carbonyl (C=O) groups is 1. The zero-order valence-electron chi connectivity index (χ0n) is 9.79. The molecule has 2 rings (SSSR count). The molecule has 1 amide bonds. The Hall–Kier alpha value is -2.56. The first-order chi connectivity index (χ1) is 8.79. The van der Waals surface area contributed by atoms with E-state index >= 15 is 0 Å². The van der Waals surface area contributed by atoms with Crippen molar-refractivity contribution in [1.82, 2.24) is 5.43 Å². The fraction of sp³-hybridized carbons (Fsp3) is 0.0769. The Bertz CT molecular complexity index is 530. The summed E-state index contributed by atoms with van der Waals surface area (Å²) in [4.78, 5) is 11.7. The molecular weight excluding hydrogens is 232 g/mol. The molecule has 0 unspecified atom stereocenters. The van der Waals surface area contributed by atoms with Crippen LogP contribution >= 0.6 is 0 Å². The summed E-state index contributed by atoms with van der Waals surface area (Å²) in [7, 11) is 1.57. The van der Waals surface area contributed by atoms with Gasteiger partial charge in [-0.05, 0) is 30.3 Å². The second-order valence-corrected chi connectivity index (χ2v) is 3.48. The van der Waals surface area contributed by atoms with Gasteiger partial charge in [-0.15, -0.1) is 0 Å². The lowest BCUT2D eigenvalue weighted by molar-refractivity contribution is 0.0955. The molecule has 5 heteroatoms. The summed E-state index contributed by atoms with van der Waals surface area (Å²) in [6, 6.07) is 8.51. The van der Waals surface area contributed by atoms with Crippen molar-refractivity contribution in [2.45, 2.75) is 0 Å². The number of nitrogens with one attached hydrogen (secondary N) is 1. The van der Waals surface area contributed by atoms with E-state index in [4.69, 9.17) is 9.15 Å².